The van der Waals surface area contributed by atoms with Crippen LogP contribution in [0, 0.1) is 24.2 Å². The van der Waals surface area contributed by atoms with E-state index in [0.29, 0.717) is 17.3 Å². The summed E-state index contributed by atoms with van der Waals surface area (Å²) < 4.78 is 0. The van der Waals surface area contributed by atoms with Gasteiger partial charge in [0.1, 0.15) is 0 Å². The average molecular weight is 311 g/mol. The second-order valence-electron chi connectivity index (χ2n) is 8.74. The molecule has 0 heterocycles. The molecule has 4 aliphatic rings. The smallest absolute Gasteiger partial charge is 0.219 e. The van der Waals surface area contributed by atoms with Crippen LogP contribution in [-0.4, -0.2) is 12.5 Å². The Bertz CT molecular complexity index is 589. The quantitative estimate of drug-likeness (QED) is 0.879. The van der Waals surface area contributed by atoms with Gasteiger partial charge >= 0.3 is 0 Å². The van der Waals surface area contributed by atoms with E-state index in [1.54, 1.807) is 5.56 Å². The first-order chi connectivity index (χ1) is 11.0. The largest absolute Gasteiger partial charge is 0.356 e. The Morgan fingerprint density at radius 1 is 1.13 bits per heavy atom. The molecule has 0 unspecified atom stereocenters. The summed E-state index contributed by atoms with van der Waals surface area (Å²) in [5, 5.41) is 3.23. The van der Waals surface area contributed by atoms with Crippen molar-refractivity contribution in [3.63, 3.8) is 0 Å². The van der Waals surface area contributed by atoms with Crippen molar-refractivity contribution in [2.75, 3.05) is 6.54 Å². The Labute approximate surface area is 140 Å². The van der Waals surface area contributed by atoms with E-state index in [0.717, 1.165) is 18.4 Å². The van der Waals surface area contributed by atoms with Gasteiger partial charge in [0.2, 0.25) is 5.91 Å². The molecule has 23 heavy (non-hydrogen) atoms. The minimum atomic E-state index is 0.213. The molecule has 1 aromatic carbocycles. The SMILES string of the molecule is CCC(=O)NCC12C[C@H]3C[C@H](C1)CC(c1ccc(C)cc1)(C3)C2. The maximum absolute atomic E-state index is 11.8. The van der Waals surface area contributed by atoms with Crippen LogP contribution in [0.3, 0.4) is 0 Å². The van der Waals surface area contributed by atoms with E-state index in [2.05, 4.69) is 36.5 Å². The van der Waals surface area contributed by atoms with Crippen molar-refractivity contribution in [1.29, 1.82) is 0 Å². The Morgan fingerprint density at radius 2 is 1.78 bits per heavy atom. The summed E-state index contributed by atoms with van der Waals surface area (Å²) >= 11 is 0. The fourth-order valence-corrected chi connectivity index (χ4v) is 6.31. The van der Waals surface area contributed by atoms with Crippen LogP contribution in [-0.2, 0) is 10.2 Å². The molecule has 4 bridgehead atoms. The first-order valence-corrected chi connectivity index (χ1v) is 9.36. The minimum absolute atomic E-state index is 0.213. The number of benzene rings is 1. The zero-order valence-electron chi connectivity index (χ0n) is 14.5. The van der Waals surface area contributed by atoms with Gasteiger partial charge in [0.25, 0.3) is 0 Å². The van der Waals surface area contributed by atoms with Crippen LogP contribution in [0.15, 0.2) is 24.3 Å². The molecular weight excluding hydrogens is 282 g/mol. The Hall–Kier alpha value is -1.31. The van der Waals surface area contributed by atoms with Crippen molar-refractivity contribution in [2.45, 2.75) is 64.2 Å². The van der Waals surface area contributed by atoms with E-state index < -0.39 is 0 Å². The lowest BCUT2D eigenvalue weighted by Gasteiger charge is -2.62. The van der Waals surface area contributed by atoms with E-state index >= 15 is 0 Å². The number of hydrogen-bond acceptors (Lipinski definition) is 1. The molecule has 2 nitrogen and oxygen atoms in total. The van der Waals surface area contributed by atoms with E-state index in [1.807, 2.05) is 6.92 Å². The van der Waals surface area contributed by atoms with Crippen LogP contribution in [0.25, 0.3) is 0 Å². The van der Waals surface area contributed by atoms with Gasteiger partial charge in [0, 0.05) is 13.0 Å². The van der Waals surface area contributed by atoms with Gasteiger partial charge < -0.3 is 5.32 Å². The molecule has 0 aliphatic heterocycles. The number of carbonyl (C=O) groups excluding carboxylic acids is 1. The maximum Gasteiger partial charge on any atom is 0.219 e. The number of hydrogen-bond donors (Lipinski definition) is 1. The van der Waals surface area contributed by atoms with Gasteiger partial charge in [0.15, 0.2) is 0 Å². The average Bonchev–Trinajstić information content (AvgIpc) is 2.52. The van der Waals surface area contributed by atoms with E-state index in [4.69, 9.17) is 0 Å². The number of rotatable bonds is 4. The third-order valence-electron chi connectivity index (χ3n) is 6.83. The van der Waals surface area contributed by atoms with Gasteiger partial charge in [-0.25, -0.2) is 0 Å². The van der Waals surface area contributed by atoms with Gasteiger partial charge in [-0.3, -0.25) is 4.79 Å². The molecule has 0 radical (unpaired) electrons. The van der Waals surface area contributed by atoms with Crippen LogP contribution in [0.5, 0.6) is 0 Å². The van der Waals surface area contributed by atoms with Crippen LogP contribution < -0.4 is 5.32 Å². The zero-order valence-corrected chi connectivity index (χ0v) is 14.5. The molecule has 1 N–H and O–H groups in total. The Morgan fingerprint density at radius 3 is 2.39 bits per heavy atom. The summed E-state index contributed by atoms with van der Waals surface area (Å²) in [5.41, 5.74) is 3.65. The van der Waals surface area contributed by atoms with E-state index in [9.17, 15) is 4.79 Å². The van der Waals surface area contributed by atoms with E-state index in [1.165, 1.54) is 44.1 Å². The summed E-state index contributed by atoms with van der Waals surface area (Å²) in [6.45, 7) is 5.02. The summed E-state index contributed by atoms with van der Waals surface area (Å²) in [6.07, 6.45) is 8.72. The standard InChI is InChI=1S/C21H29NO/c1-3-19(23)22-14-20-9-16-8-17(10-20)12-21(11-16,13-20)18-6-4-15(2)5-7-18/h4-7,16-17H,3,8-14H2,1-2H3,(H,22,23)/t16-,17-,20?,21?/m1/s1. The van der Waals surface area contributed by atoms with Crippen LogP contribution >= 0.6 is 0 Å². The van der Waals surface area contributed by atoms with Crippen LogP contribution in [0.1, 0.15) is 63.0 Å². The number of amides is 1. The molecule has 2 heteroatoms. The normalized spacial score (nSPS) is 37.8. The lowest BCUT2D eigenvalue weighted by molar-refractivity contribution is -0.123. The molecule has 0 saturated heterocycles. The third-order valence-corrected chi connectivity index (χ3v) is 6.83. The summed E-state index contributed by atoms with van der Waals surface area (Å²) in [4.78, 5) is 11.8. The molecule has 4 saturated carbocycles. The zero-order chi connectivity index (χ0) is 16.1. The van der Waals surface area contributed by atoms with Crippen molar-refractivity contribution in [1.82, 2.24) is 5.32 Å². The summed E-state index contributed by atoms with van der Waals surface area (Å²) in [6, 6.07) is 9.31. The molecule has 2 atom stereocenters. The number of carbonyl (C=O) groups is 1. The topological polar surface area (TPSA) is 29.1 Å². The number of aryl methyl sites for hydroxylation is 1. The lowest BCUT2D eigenvalue weighted by atomic mass is 9.43. The fraction of sp³-hybridized carbons (Fsp3) is 0.667. The predicted molar refractivity (Wildman–Crippen MR) is 93.3 cm³/mol. The molecule has 0 aromatic heterocycles. The van der Waals surface area contributed by atoms with Gasteiger partial charge in [0.05, 0.1) is 0 Å². The molecule has 1 amide bonds. The third kappa shape index (κ3) is 2.60. The summed E-state index contributed by atoms with van der Waals surface area (Å²) in [5.74, 6) is 1.96. The van der Waals surface area contributed by atoms with Crippen molar-refractivity contribution in [2.24, 2.45) is 17.3 Å². The Kier molecular flexibility index (Phi) is 3.55. The predicted octanol–water partition coefficient (Wildman–Crippen LogP) is 4.36. The molecular formula is C21H29NO. The Balaban J connectivity index is 1.62. The first kappa shape index (κ1) is 15.2. The van der Waals surface area contributed by atoms with Crippen LogP contribution in [0.2, 0.25) is 0 Å². The second kappa shape index (κ2) is 5.36. The van der Waals surface area contributed by atoms with Crippen LogP contribution in [0.4, 0.5) is 0 Å². The van der Waals surface area contributed by atoms with Crippen molar-refractivity contribution in [3.05, 3.63) is 35.4 Å². The maximum atomic E-state index is 11.8. The highest BCUT2D eigenvalue weighted by Crippen LogP contribution is 2.65. The molecule has 1 aromatic rings. The van der Waals surface area contributed by atoms with Gasteiger partial charge in [-0.15, -0.1) is 0 Å². The second-order valence-corrected chi connectivity index (χ2v) is 8.74. The monoisotopic (exact) mass is 311 g/mol. The van der Waals surface area contributed by atoms with E-state index in [-0.39, 0.29) is 5.91 Å². The highest BCUT2D eigenvalue weighted by Gasteiger charge is 2.57. The van der Waals surface area contributed by atoms with Crippen molar-refractivity contribution < 1.29 is 4.79 Å². The van der Waals surface area contributed by atoms with Crippen molar-refractivity contribution in [3.8, 4) is 0 Å². The van der Waals surface area contributed by atoms with Gasteiger partial charge in [-0.2, -0.15) is 0 Å². The molecule has 4 aliphatic carbocycles. The molecule has 4 fully saturated rings. The molecule has 124 valence electrons. The molecule has 0 spiro atoms. The van der Waals surface area contributed by atoms with Crippen molar-refractivity contribution >= 4 is 5.91 Å². The van der Waals surface area contributed by atoms with Gasteiger partial charge in [-0.05, 0) is 73.7 Å². The molecule has 5 rings (SSSR count). The minimum Gasteiger partial charge on any atom is -0.356 e. The highest BCUT2D eigenvalue weighted by molar-refractivity contribution is 5.75. The highest BCUT2D eigenvalue weighted by atomic mass is 16.1. The lowest BCUT2D eigenvalue weighted by Crippen LogP contribution is -2.57. The fourth-order valence-electron chi connectivity index (χ4n) is 6.31. The number of nitrogens with one attached hydrogen (secondary N) is 1. The van der Waals surface area contributed by atoms with Gasteiger partial charge in [-0.1, -0.05) is 36.8 Å². The summed E-state index contributed by atoms with van der Waals surface area (Å²) in [7, 11) is 0. The first-order valence-electron chi connectivity index (χ1n) is 9.36.